The van der Waals surface area contributed by atoms with Crippen molar-refractivity contribution in [2.24, 2.45) is 0 Å². The highest BCUT2D eigenvalue weighted by molar-refractivity contribution is 6.31. The standard InChI is InChI=1S/C22H18ClN3O3/c23-14-8-9-20-19(12-14)26(22(28)29-20)15-4-3-11-25(13-15)21(27)17-5-1-7-18-16(17)6-2-10-24-18/h1-2,5-10,12,15H,3-4,11,13H2/t15-/m0/s1. The molecule has 3 heterocycles. The number of halogens is 1. The lowest BCUT2D eigenvalue weighted by Crippen LogP contribution is -2.42. The molecule has 146 valence electrons. The number of hydrogen-bond donors (Lipinski definition) is 0. The molecular formula is C22H18ClN3O3. The highest BCUT2D eigenvalue weighted by Gasteiger charge is 2.29. The van der Waals surface area contributed by atoms with Crippen LogP contribution in [0.1, 0.15) is 29.2 Å². The summed E-state index contributed by atoms with van der Waals surface area (Å²) < 4.78 is 7.01. The molecule has 5 rings (SSSR count). The number of likely N-dealkylation sites (tertiary alicyclic amines) is 1. The van der Waals surface area contributed by atoms with E-state index in [1.54, 1.807) is 29.0 Å². The summed E-state index contributed by atoms with van der Waals surface area (Å²) in [5.41, 5.74) is 2.58. The van der Waals surface area contributed by atoms with Gasteiger partial charge in [-0.15, -0.1) is 0 Å². The Labute approximate surface area is 171 Å². The minimum absolute atomic E-state index is 0.0489. The van der Waals surface area contributed by atoms with Gasteiger partial charge in [0, 0.05) is 35.3 Å². The van der Waals surface area contributed by atoms with Crippen molar-refractivity contribution in [1.82, 2.24) is 14.5 Å². The molecule has 7 heteroatoms. The fourth-order valence-electron chi connectivity index (χ4n) is 4.16. The number of aromatic nitrogens is 2. The summed E-state index contributed by atoms with van der Waals surface area (Å²) >= 11 is 6.13. The first-order valence-electron chi connectivity index (χ1n) is 9.55. The summed E-state index contributed by atoms with van der Waals surface area (Å²) in [6.45, 7) is 1.09. The number of amides is 1. The fourth-order valence-corrected chi connectivity index (χ4v) is 4.33. The summed E-state index contributed by atoms with van der Waals surface area (Å²) in [6, 6.07) is 14.3. The average Bonchev–Trinajstić information content (AvgIpc) is 3.07. The van der Waals surface area contributed by atoms with Crippen molar-refractivity contribution in [3.63, 3.8) is 0 Å². The van der Waals surface area contributed by atoms with Crippen molar-refractivity contribution in [1.29, 1.82) is 0 Å². The summed E-state index contributed by atoms with van der Waals surface area (Å²) in [5.74, 6) is -0.469. The zero-order valence-corrected chi connectivity index (χ0v) is 16.3. The van der Waals surface area contributed by atoms with Crippen molar-refractivity contribution in [3.05, 3.63) is 75.9 Å². The van der Waals surface area contributed by atoms with E-state index < -0.39 is 5.76 Å². The second-order valence-corrected chi connectivity index (χ2v) is 7.71. The van der Waals surface area contributed by atoms with Gasteiger partial charge in [0.05, 0.1) is 17.1 Å². The van der Waals surface area contributed by atoms with Gasteiger partial charge in [0.15, 0.2) is 5.58 Å². The highest BCUT2D eigenvalue weighted by atomic mass is 35.5. The molecule has 6 nitrogen and oxygen atoms in total. The maximum absolute atomic E-state index is 13.3. The Morgan fingerprint density at radius 2 is 2.07 bits per heavy atom. The molecule has 29 heavy (non-hydrogen) atoms. The largest absolute Gasteiger partial charge is 0.420 e. The smallest absolute Gasteiger partial charge is 0.408 e. The van der Waals surface area contributed by atoms with E-state index in [1.807, 2.05) is 35.2 Å². The predicted molar refractivity (Wildman–Crippen MR) is 111 cm³/mol. The lowest BCUT2D eigenvalue weighted by Gasteiger charge is -2.33. The lowest BCUT2D eigenvalue weighted by atomic mass is 10.0. The van der Waals surface area contributed by atoms with Crippen LogP contribution in [0.4, 0.5) is 0 Å². The number of benzene rings is 2. The van der Waals surface area contributed by atoms with Gasteiger partial charge in [0.2, 0.25) is 0 Å². The number of piperidine rings is 1. The molecular weight excluding hydrogens is 390 g/mol. The maximum Gasteiger partial charge on any atom is 0.420 e. The Balaban J connectivity index is 1.50. The van der Waals surface area contributed by atoms with Crippen LogP contribution in [0.25, 0.3) is 22.0 Å². The van der Waals surface area contributed by atoms with Gasteiger partial charge < -0.3 is 9.32 Å². The Morgan fingerprint density at radius 1 is 1.17 bits per heavy atom. The third kappa shape index (κ3) is 3.09. The third-order valence-electron chi connectivity index (χ3n) is 5.50. The summed E-state index contributed by atoms with van der Waals surface area (Å²) in [4.78, 5) is 32.0. The van der Waals surface area contributed by atoms with Crippen molar-refractivity contribution in [2.75, 3.05) is 13.1 Å². The molecule has 0 spiro atoms. The van der Waals surface area contributed by atoms with Crippen LogP contribution >= 0.6 is 11.6 Å². The number of rotatable bonds is 2. The molecule has 1 aliphatic rings. The number of nitrogens with zero attached hydrogens (tertiary/aromatic N) is 3. The zero-order chi connectivity index (χ0) is 20.0. The SMILES string of the molecule is O=C(c1cccc2ncccc12)N1CCC[C@H](n2c(=O)oc3ccc(Cl)cc32)C1. The topological polar surface area (TPSA) is 68.3 Å². The monoisotopic (exact) mass is 407 g/mol. The molecule has 1 atom stereocenters. The Kier molecular flexibility index (Phi) is 4.36. The molecule has 1 saturated heterocycles. The van der Waals surface area contributed by atoms with E-state index in [0.29, 0.717) is 34.8 Å². The van der Waals surface area contributed by atoms with Crippen molar-refractivity contribution in [2.45, 2.75) is 18.9 Å². The molecule has 1 aliphatic heterocycles. The molecule has 0 aliphatic carbocycles. The van der Waals surface area contributed by atoms with Gasteiger partial charge in [-0.2, -0.15) is 0 Å². The zero-order valence-electron chi connectivity index (χ0n) is 15.5. The normalized spacial score (nSPS) is 17.1. The number of fused-ring (bicyclic) bond motifs is 2. The van der Waals surface area contributed by atoms with Gasteiger partial charge in [0.25, 0.3) is 5.91 Å². The van der Waals surface area contributed by atoms with Gasteiger partial charge in [-0.25, -0.2) is 4.79 Å². The molecule has 1 fully saturated rings. The lowest BCUT2D eigenvalue weighted by molar-refractivity contribution is 0.0679. The number of carbonyl (C=O) groups excluding carboxylic acids is 1. The van der Waals surface area contributed by atoms with E-state index in [1.165, 1.54) is 0 Å². The number of hydrogen-bond acceptors (Lipinski definition) is 4. The van der Waals surface area contributed by atoms with Crippen LogP contribution in [0.15, 0.2) is 63.9 Å². The van der Waals surface area contributed by atoms with E-state index in [9.17, 15) is 9.59 Å². The van der Waals surface area contributed by atoms with E-state index in [4.69, 9.17) is 16.0 Å². The quantitative estimate of drug-likeness (QED) is 0.497. The maximum atomic E-state index is 13.3. The van der Waals surface area contributed by atoms with Crippen molar-refractivity contribution in [3.8, 4) is 0 Å². The van der Waals surface area contributed by atoms with Crippen LogP contribution in [0.2, 0.25) is 5.02 Å². The van der Waals surface area contributed by atoms with Gasteiger partial charge in [-0.1, -0.05) is 23.7 Å². The first-order valence-corrected chi connectivity index (χ1v) is 9.93. The first-order chi connectivity index (χ1) is 14.1. The van der Waals surface area contributed by atoms with Crippen LogP contribution in [0.5, 0.6) is 0 Å². The highest BCUT2D eigenvalue weighted by Crippen LogP contribution is 2.28. The van der Waals surface area contributed by atoms with Crippen LogP contribution < -0.4 is 5.76 Å². The second kappa shape index (κ2) is 7.04. The Bertz CT molecular complexity index is 1290. The first kappa shape index (κ1) is 17.9. The summed E-state index contributed by atoms with van der Waals surface area (Å²) in [6.07, 6.45) is 3.32. The molecule has 1 amide bonds. The molecule has 0 bridgehead atoms. The number of carbonyl (C=O) groups is 1. The predicted octanol–water partition coefficient (Wildman–Crippen LogP) is 4.27. The summed E-state index contributed by atoms with van der Waals surface area (Å²) in [7, 11) is 0. The molecule has 0 radical (unpaired) electrons. The molecule has 2 aromatic heterocycles. The van der Waals surface area contributed by atoms with Gasteiger partial charge in [-0.3, -0.25) is 14.3 Å². The van der Waals surface area contributed by atoms with Crippen LogP contribution in [-0.2, 0) is 0 Å². The van der Waals surface area contributed by atoms with E-state index >= 15 is 0 Å². The molecule has 4 aromatic rings. The van der Waals surface area contributed by atoms with Crippen LogP contribution in [0.3, 0.4) is 0 Å². The fraction of sp³-hybridized carbons (Fsp3) is 0.227. The van der Waals surface area contributed by atoms with E-state index in [-0.39, 0.29) is 11.9 Å². The molecule has 2 aromatic carbocycles. The number of pyridine rings is 1. The van der Waals surface area contributed by atoms with E-state index in [0.717, 1.165) is 23.7 Å². The van der Waals surface area contributed by atoms with Crippen molar-refractivity contribution >= 4 is 39.5 Å². The van der Waals surface area contributed by atoms with Gasteiger partial charge in [0.1, 0.15) is 0 Å². The van der Waals surface area contributed by atoms with E-state index in [2.05, 4.69) is 4.98 Å². The summed E-state index contributed by atoms with van der Waals surface area (Å²) in [5, 5.41) is 1.37. The van der Waals surface area contributed by atoms with Crippen molar-refractivity contribution < 1.29 is 9.21 Å². The Hall–Kier alpha value is -3.12. The second-order valence-electron chi connectivity index (χ2n) is 7.27. The van der Waals surface area contributed by atoms with Crippen LogP contribution in [-0.4, -0.2) is 33.4 Å². The molecule has 0 N–H and O–H groups in total. The minimum atomic E-state index is -0.420. The minimum Gasteiger partial charge on any atom is -0.408 e. The van der Waals surface area contributed by atoms with Gasteiger partial charge in [-0.05, 0) is 49.2 Å². The average molecular weight is 408 g/mol. The van der Waals surface area contributed by atoms with Gasteiger partial charge >= 0.3 is 5.76 Å². The number of oxazole rings is 1. The Morgan fingerprint density at radius 3 is 2.97 bits per heavy atom. The molecule has 0 saturated carbocycles. The third-order valence-corrected chi connectivity index (χ3v) is 5.73. The van der Waals surface area contributed by atoms with Crippen LogP contribution in [0, 0.1) is 0 Å². The molecule has 0 unspecified atom stereocenters.